The summed E-state index contributed by atoms with van der Waals surface area (Å²) in [5, 5.41) is 3.83. The second kappa shape index (κ2) is 6.01. The molecule has 1 aliphatic carbocycles. The highest BCUT2D eigenvalue weighted by Gasteiger charge is 2.47. The molecule has 1 aliphatic rings. The number of aryl methyl sites for hydroxylation is 1. The molecule has 1 saturated carbocycles. The number of alkyl halides is 3. The predicted molar refractivity (Wildman–Crippen MR) is 61.1 cm³/mol. The number of hydrogen-bond acceptors (Lipinski definition) is 2. The minimum atomic E-state index is -4.88. The zero-order valence-electron chi connectivity index (χ0n) is 10.9. The quantitative estimate of drug-likeness (QED) is 0.655. The highest BCUT2D eigenvalue weighted by atomic mass is 35.5. The highest BCUT2D eigenvalue weighted by Crippen LogP contribution is 2.31. The number of amides is 1. The molecule has 1 heterocycles. The van der Waals surface area contributed by atoms with Crippen LogP contribution in [0.5, 0.6) is 0 Å². The van der Waals surface area contributed by atoms with E-state index in [2.05, 4.69) is 10.8 Å². The molecule has 3 N–H and O–H groups in total. The molecule has 0 saturated heterocycles. The Morgan fingerprint density at radius 1 is 1.50 bits per heavy atom. The normalized spacial score (nSPS) is 22.4. The Morgan fingerprint density at radius 3 is 2.55 bits per heavy atom. The lowest BCUT2D eigenvalue weighted by Crippen LogP contribution is -3.00. The minimum Gasteiger partial charge on any atom is -1.00 e. The average molecular weight is 313 g/mol. The van der Waals surface area contributed by atoms with Crippen molar-refractivity contribution in [2.45, 2.75) is 37.5 Å². The molecule has 9 heteroatoms. The molecule has 5 nitrogen and oxygen atoms in total. The largest absolute Gasteiger partial charge is 1.00 e. The van der Waals surface area contributed by atoms with Gasteiger partial charge in [-0.2, -0.15) is 18.3 Å². The molecule has 1 amide bonds. The second-order valence-electron chi connectivity index (χ2n) is 4.88. The Hall–Kier alpha value is -1.28. The first kappa shape index (κ1) is 16.8. The fourth-order valence-corrected chi connectivity index (χ4v) is 2.45. The molecule has 2 rings (SSSR count). The van der Waals surface area contributed by atoms with Crippen molar-refractivity contribution in [1.82, 2.24) is 9.78 Å². The van der Waals surface area contributed by atoms with E-state index in [-0.39, 0.29) is 24.1 Å². The van der Waals surface area contributed by atoms with E-state index >= 15 is 0 Å². The molecule has 114 valence electrons. The van der Waals surface area contributed by atoms with Crippen LogP contribution in [-0.2, 0) is 11.8 Å². The molecule has 0 aliphatic heterocycles. The molecule has 20 heavy (non-hydrogen) atoms. The molecule has 0 radical (unpaired) electrons. The van der Waals surface area contributed by atoms with E-state index < -0.39 is 18.1 Å². The third-order valence-corrected chi connectivity index (χ3v) is 3.31. The van der Waals surface area contributed by atoms with Gasteiger partial charge in [-0.25, -0.2) is 0 Å². The summed E-state index contributed by atoms with van der Waals surface area (Å²) in [5.74, 6) is -1.83. The van der Waals surface area contributed by atoms with E-state index in [1.54, 1.807) is 7.05 Å². The van der Waals surface area contributed by atoms with E-state index in [9.17, 15) is 18.0 Å². The Bertz CT molecular complexity index is 476. The third-order valence-electron chi connectivity index (χ3n) is 3.31. The zero-order valence-corrected chi connectivity index (χ0v) is 11.7. The van der Waals surface area contributed by atoms with Crippen molar-refractivity contribution in [1.29, 1.82) is 0 Å². The molecule has 0 bridgehead atoms. The van der Waals surface area contributed by atoms with Gasteiger partial charge in [0, 0.05) is 32.1 Å². The lowest BCUT2D eigenvalue weighted by Gasteiger charge is -2.28. The molecule has 0 spiro atoms. The van der Waals surface area contributed by atoms with Crippen molar-refractivity contribution < 1.29 is 36.1 Å². The van der Waals surface area contributed by atoms with E-state index in [1.165, 1.54) is 17.1 Å². The molecule has 1 fully saturated rings. The summed E-state index contributed by atoms with van der Waals surface area (Å²) in [6.45, 7) is 0. The smallest absolute Gasteiger partial charge is 0.471 e. The first-order chi connectivity index (χ1) is 8.79. The summed E-state index contributed by atoms with van der Waals surface area (Å²) < 4.78 is 39.5. The van der Waals surface area contributed by atoms with Gasteiger partial charge in [0.2, 0.25) is 0 Å². The Morgan fingerprint density at radius 2 is 2.15 bits per heavy atom. The average Bonchev–Trinajstić information content (AvgIpc) is 2.88. The number of nitrogens with zero attached hydrogens (tertiary/aromatic N) is 3. The van der Waals surface area contributed by atoms with Gasteiger partial charge in [-0.05, 0) is 6.42 Å². The SMILES string of the molecule is Cn1cc(N(C(=O)C(F)(F)F)C2CCC([NH3+])C2)cn1.[Cl-]. The number of hydrogen-bond donors (Lipinski definition) is 1. The zero-order chi connectivity index (χ0) is 14.2. The number of halogens is 4. The molecule has 2 atom stereocenters. The van der Waals surface area contributed by atoms with Crippen LogP contribution < -0.4 is 23.0 Å². The molecular weight excluding hydrogens is 297 g/mol. The Kier molecular flexibility index (Phi) is 5.04. The van der Waals surface area contributed by atoms with Crippen LogP contribution >= 0.6 is 0 Å². The molecule has 0 aromatic carbocycles. The van der Waals surface area contributed by atoms with E-state index in [1.807, 2.05) is 0 Å². The molecule has 2 unspecified atom stereocenters. The van der Waals surface area contributed by atoms with Crippen LogP contribution in [0.25, 0.3) is 0 Å². The molecular formula is C11H16ClF3N4O. The van der Waals surface area contributed by atoms with Crippen molar-refractivity contribution in [3.8, 4) is 0 Å². The fraction of sp³-hybridized carbons (Fsp3) is 0.636. The first-order valence-electron chi connectivity index (χ1n) is 6.01. The van der Waals surface area contributed by atoms with Gasteiger partial charge in [-0.1, -0.05) is 0 Å². The Balaban J connectivity index is 0.00000200. The summed E-state index contributed by atoms with van der Waals surface area (Å²) >= 11 is 0. The maximum absolute atomic E-state index is 12.7. The van der Waals surface area contributed by atoms with Crippen LogP contribution in [-0.4, -0.2) is 33.9 Å². The first-order valence-corrected chi connectivity index (χ1v) is 6.01. The standard InChI is InChI=1S/C11H15F3N4O.ClH/c1-17-6-9(5-16-17)18(10(19)11(12,13)14)8-3-2-7(15)4-8;/h5-8H,2-4,15H2,1H3;1H. The van der Waals surface area contributed by atoms with Gasteiger partial charge in [0.1, 0.15) is 0 Å². The summed E-state index contributed by atoms with van der Waals surface area (Å²) in [5.41, 5.74) is 4.03. The molecule has 1 aromatic heterocycles. The maximum Gasteiger partial charge on any atom is 0.471 e. The van der Waals surface area contributed by atoms with Crippen LogP contribution in [0.15, 0.2) is 12.4 Å². The van der Waals surface area contributed by atoms with E-state index in [0.717, 1.165) is 11.3 Å². The molecule has 1 aromatic rings. The van der Waals surface area contributed by atoms with Gasteiger partial charge in [-0.3, -0.25) is 14.4 Å². The second-order valence-corrected chi connectivity index (χ2v) is 4.88. The van der Waals surface area contributed by atoms with Crippen molar-refractivity contribution >= 4 is 11.6 Å². The number of carbonyl (C=O) groups excluding carboxylic acids is 1. The van der Waals surface area contributed by atoms with Crippen molar-refractivity contribution in [3.63, 3.8) is 0 Å². The lowest BCUT2D eigenvalue weighted by atomic mass is 10.2. The maximum atomic E-state index is 12.7. The van der Waals surface area contributed by atoms with Crippen LogP contribution in [0.3, 0.4) is 0 Å². The van der Waals surface area contributed by atoms with Crippen molar-refractivity contribution in [2.75, 3.05) is 4.90 Å². The van der Waals surface area contributed by atoms with Crippen LogP contribution in [0.1, 0.15) is 19.3 Å². The Labute approximate surface area is 120 Å². The van der Waals surface area contributed by atoms with Gasteiger partial charge in [0.15, 0.2) is 0 Å². The number of carbonyl (C=O) groups is 1. The number of aromatic nitrogens is 2. The summed E-state index contributed by atoms with van der Waals surface area (Å²) in [7, 11) is 1.60. The number of quaternary nitrogens is 1. The highest BCUT2D eigenvalue weighted by molar-refractivity contribution is 5.97. The van der Waals surface area contributed by atoms with Crippen LogP contribution in [0, 0.1) is 0 Å². The van der Waals surface area contributed by atoms with E-state index in [0.29, 0.717) is 12.8 Å². The van der Waals surface area contributed by atoms with Gasteiger partial charge in [-0.15, -0.1) is 0 Å². The van der Waals surface area contributed by atoms with Crippen LogP contribution in [0.4, 0.5) is 18.9 Å². The summed E-state index contributed by atoms with van der Waals surface area (Å²) in [6, 6.07) is -0.369. The summed E-state index contributed by atoms with van der Waals surface area (Å²) in [6.07, 6.45) is -0.441. The topological polar surface area (TPSA) is 65.8 Å². The lowest BCUT2D eigenvalue weighted by molar-refractivity contribution is -0.417. The van der Waals surface area contributed by atoms with Gasteiger partial charge in [0.05, 0.1) is 17.9 Å². The van der Waals surface area contributed by atoms with Crippen LogP contribution in [0.2, 0.25) is 0 Å². The number of rotatable bonds is 2. The summed E-state index contributed by atoms with van der Waals surface area (Å²) in [4.78, 5) is 12.4. The van der Waals surface area contributed by atoms with E-state index in [4.69, 9.17) is 0 Å². The van der Waals surface area contributed by atoms with Crippen molar-refractivity contribution in [2.24, 2.45) is 7.05 Å². The van der Waals surface area contributed by atoms with Gasteiger partial charge >= 0.3 is 12.1 Å². The van der Waals surface area contributed by atoms with Gasteiger partial charge in [0.25, 0.3) is 0 Å². The van der Waals surface area contributed by atoms with Gasteiger partial charge < -0.3 is 18.1 Å². The number of anilines is 1. The van der Waals surface area contributed by atoms with Crippen molar-refractivity contribution in [3.05, 3.63) is 12.4 Å². The minimum absolute atomic E-state index is 0. The monoisotopic (exact) mass is 312 g/mol. The predicted octanol–water partition coefficient (Wildman–Crippen LogP) is -2.52. The fourth-order valence-electron chi connectivity index (χ4n) is 2.45. The third kappa shape index (κ3) is 3.43.